The lowest BCUT2D eigenvalue weighted by Crippen LogP contribution is -2.35. The standard InChI is InChI=1S/C20H25N3O5S/c1-4-22(2)16-7-5-6-15(12-16)21-20(24)14-23(3)29(25,26)17-8-9-18-19(13-17)28-11-10-27-18/h5-9,12-13H,4,10-11,14H2,1-3H3,(H,21,24). The van der Waals surface area contributed by atoms with E-state index in [2.05, 4.69) is 5.32 Å². The number of rotatable bonds is 7. The maximum absolute atomic E-state index is 12.8. The predicted molar refractivity (Wildman–Crippen MR) is 111 cm³/mol. The van der Waals surface area contributed by atoms with Crippen molar-refractivity contribution in [2.75, 3.05) is 50.6 Å². The number of ether oxygens (including phenoxy) is 2. The molecular formula is C20H25N3O5S. The van der Waals surface area contributed by atoms with E-state index in [0.717, 1.165) is 16.5 Å². The minimum atomic E-state index is -3.86. The van der Waals surface area contributed by atoms with Gasteiger partial charge in [-0.2, -0.15) is 4.31 Å². The number of nitrogens with zero attached hydrogens (tertiary/aromatic N) is 2. The van der Waals surface area contributed by atoms with Gasteiger partial charge < -0.3 is 19.7 Å². The second-order valence-corrected chi connectivity index (χ2v) is 8.72. The van der Waals surface area contributed by atoms with Gasteiger partial charge in [-0.15, -0.1) is 0 Å². The molecule has 1 aliphatic heterocycles. The van der Waals surface area contributed by atoms with Crippen LogP contribution in [0.3, 0.4) is 0 Å². The van der Waals surface area contributed by atoms with E-state index in [-0.39, 0.29) is 11.4 Å². The summed E-state index contributed by atoms with van der Waals surface area (Å²) < 4.78 is 37.5. The Morgan fingerprint density at radius 2 is 1.79 bits per heavy atom. The van der Waals surface area contributed by atoms with Crippen LogP contribution in [0.25, 0.3) is 0 Å². The van der Waals surface area contributed by atoms with E-state index >= 15 is 0 Å². The van der Waals surface area contributed by atoms with Crippen molar-refractivity contribution in [1.29, 1.82) is 0 Å². The molecule has 2 aromatic carbocycles. The molecule has 9 heteroatoms. The highest BCUT2D eigenvalue weighted by Gasteiger charge is 2.25. The number of likely N-dealkylation sites (N-methyl/N-ethyl adjacent to an activating group) is 1. The Morgan fingerprint density at radius 3 is 2.52 bits per heavy atom. The van der Waals surface area contributed by atoms with E-state index in [1.165, 1.54) is 19.2 Å². The van der Waals surface area contributed by atoms with E-state index in [1.54, 1.807) is 12.1 Å². The number of sulfonamides is 1. The Kier molecular flexibility index (Phi) is 6.29. The second-order valence-electron chi connectivity index (χ2n) is 6.68. The van der Waals surface area contributed by atoms with Crippen molar-refractivity contribution in [3.05, 3.63) is 42.5 Å². The number of anilines is 2. The first-order valence-electron chi connectivity index (χ1n) is 9.28. The number of carbonyl (C=O) groups is 1. The molecule has 1 aliphatic rings. The average molecular weight is 420 g/mol. The van der Waals surface area contributed by atoms with Crippen molar-refractivity contribution in [2.45, 2.75) is 11.8 Å². The Morgan fingerprint density at radius 1 is 1.07 bits per heavy atom. The summed E-state index contributed by atoms with van der Waals surface area (Å²) in [7, 11) is -0.536. The summed E-state index contributed by atoms with van der Waals surface area (Å²) in [6.45, 7) is 3.33. The number of nitrogens with one attached hydrogen (secondary N) is 1. The first-order valence-corrected chi connectivity index (χ1v) is 10.7. The van der Waals surface area contributed by atoms with Gasteiger partial charge in [-0.3, -0.25) is 4.79 Å². The van der Waals surface area contributed by atoms with Crippen LogP contribution in [-0.2, 0) is 14.8 Å². The quantitative estimate of drug-likeness (QED) is 0.740. The van der Waals surface area contributed by atoms with Crippen LogP contribution in [0.2, 0.25) is 0 Å². The SMILES string of the molecule is CCN(C)c1cccc(NC(=O)CN(C)S(=O)(=O)c2ccc3c(c2)OCCO3)c1. The van der Waals surface area contributed by atoms with Gasteiger partial charge in [-0.25, -0.2) is 8.42 Å². The Labute approximate surface area is 171 Å². The number of hydrogen-bond acceptors (Lipinski definition) is 6. The van der Waals surface area contributed by atoms with Crippen LogP contribution in [0.15, 0.2) is 47.4 Å². The number of benzene rings is 2. The van der Waals surface area contributed by atoms with Crippen molar-refractivity contribution < 1.29 is 22.7 Å². The van der Waals surface area contributed by atoms with Gasteiger partial charge in [0.15, 0.2) is 11.5 Å². The third kappa shape index (κ3) is 4.80. The molecular weight excluding hydrogens is 394 g/mol. The van der Waals surface area contributed by atoms with E-state index in [4.69, 9.17) is 9.47 Å². The minimum Gasteiger partial charge on any atom is -0.486 e. The molecule has 0 atom stereocenters. The third-order valence-electron chi connectivity index (χ3n) is 4.63. The van der Waals surface area contributed by atoms with E-state index in [0.29, 0.717) is 30.4 Å². The molecule has 0 saturated heterocycles. The second kappa shape index (κ2) is 8.71. The molecule has 1 amide bonds. The molecule has 0 saturated carbocycles. The van der Waals surface area contributed by atoms with Crippen molar-refractivity contribution in [1.82, 2.24) is 4.31 Å². The van der Waals surface area contributed by atoms with Crippen molar-refractivity contribution >= 4 is 27.3 Å². The van der Waals surface area contributed by atoms with E-state index in [1.807, 2.05) is 37.1 Å². The average Bonchev–Trinajstić information content (AvgIpc) is 2.72. The molecule has 0 radical (unpaired) electrons. The highest BCUT2D eigenvalue weighted by molar-refractivity contribution is 7.89. The van der Waals surface area contributed by atoms with Crippen molar-refractivity contribution in [2.24, 2.45) is 0 Å². The van der Waals surface area contributed by atoms with Crippen LogP contribution in [0.5, 0.6) is 11.5 Å². The smallest absolute Gasteiger partial charge is 0.243 e. The summed E-state index contributed by atoms with van der Waals surface area (Å²) >= 11 is 0. The van der Waals surface area contributed by atoms with Gasteiger partial charge in [-0.1, -0.05) is 6.07 Å². The summed E-state index contributed by atoms with van der Waals surface area (Å²) in [6, 6.07) is 11.8. The molecule has 1 heterocycles. The fourth-order valence-corrected chi connectivity index (χ4v) is 4.00. The first kappa shape index (κ1) is 20.9. The molecule has 0 unspecified atom stereocenters. The molecule has 0 aliphatic carbocycles. The van der Waals surface area contributed by atoms with Gasteiger partial charge in [0.25, 0.3) is 0 Å². The van der Waals surface area contributed by atoms with E-state index < -0.39 is 15.9 Å². The fraction of sp³-hybridized carbons (Fsp3) is 0.350. The van der Waals surface area contributed by atoms with E-state index in [9.17, 15) is 13.2 Å². The minimum absolute atomic E-state index is 0.0450. The maximum atomic E-state index is 12.8. The summed E-state index contributed by atoms with van der Waals surface area (Å²) in [5, 5.41) is 2.75. The largest absolute Gasteiger partial charge is 0.486 e. The lowest BCUT2D eigenvalue weighted by Gasteiger charge is -2.21. The number of hydrogen-bond donors (Lipinski definition) is 1. The number of amides is 1. The molecule has 3 rings (SSSR count). The molecule has 2 aromatic rings. The van der Waals surface area contributed by atoms with Crippen LogP contribution in [0.4, 0.5) is 11.4 Å². The van der Waals surface area contributed by atoms with Gasteiger partial charge in [0.05, 0.1) is 11.4 Å². The maximum Gasteiger partial charge on any atom is 0.243 e. The van der Waals surface area contributed by atoms with Gasteiger partial charge in [-0.05, 0) is 37.3 Å². The van der Waals surface area contributed by atoms with Crippen molar-refractivity contribution in [3.8, 4) is 11.5 Å². The van der Waals surface area contributed by atoms with Crippen LogP contribution < -0.4 is 19.7 Å². The fourth-order valence-electron chi connectivity index (χ4n) is 2.86. The highest BCUT2D eigenvalue weighted by atomic mass is 32.2. The zero-order valence-electron chi connectivity index (χ0n) is 16.7. The lowest BCUT2D eigenvalue weighted by atomic mass is 10.2. The molecule has 156 valence electrons. The van der Waals surface area contributed by atoms with Crippen molar-refractivity contribution in [3.63, 3.8) is 0 Å². The normalized spacial score (nSPS) is 13.2. The molecule has 0 aromatic heterocycles. The zero-order valence-corrected chi connectivity index (χ0v) is 17.5. The van der Waals surface area contributed by atoms with Crippen LogP contribution in [0.1, 0.15) is 6.92 Å². The van der Waals surface area contributed by atoms with Gasteiger partial charge >= 0.3 is 0 Å². The predicted octanol–water partition coefficient (Wildman–Crippen LogP) is 2.17. The Bertz CT molecular complexity index is 993. The molecule has 0 spiro atoms. The number of carbonyl (C=O) groups excluding carboxylic acids is 1. The lowest BCUT2D eigenvalue weighted by molar-refractivity contribution is -0.116. The molecule has 0 fully saturated rings. The summed E-state index contributed by atoms with van der Waals surface area (Å²) in [6.07, 6.45) is 0. The van der Waals surface area contributed by atoms with Crippen LogP contribution in [0, 0.1) is 0 Å². The zero-order chi connectivity index (χ0) is 21.0. The first-order chi connectivity index (χ1) is 13.8. The third-order valence-corrected chi connectivity index (χ3v) is 6.43. The molecule has 8 nitrogen and oxygen atoms in total. The van der Waals surface area contributed by atoms with Crippen LogP contribution >= 0.6 is 0 Å². The summed E-state index contributed by atoms with van der Waals surface area (Å²) in [4.78, 5) is 14.5. The molecule has 29 heavy (non-hydrogen) atoms. The van der Waals surface area contributed by atoms with Gasteiger partial charge in [0.1, 0.15) is 13.2 Å². The summed E-state index contributed by atoms with van der Waals surface area (Å²) in [5.41, 5.74) is 1.57. The van der Waals surface area contributed by atoms with Gasteiger partial charge in [0.2, 0.25) is 15.9 Å². The Balaban J connectivity index is 1.69. The monoisotopic (exact) mass is 419 g/mol. The molecule has 1 N–H and O–H groups in total. The summed E-state index contributed by atoms with van der Waals surface area (Å²) in [5.74, 6) is 0.462. The highest BCUT2D eigenvalue weighted by Crippen LogP contribution is 2.33. The molecule has 0 bridgehead atoms. The van der Waals surface area contributed by atoms with Gasteiger partial charge in [0, 0.05) is 38.1 Å². The Hall–Kier alpha value is -2.78. The number of fused-ring (bicyclic) bond motifs is 1. The topological polar surface area (TPSA) is 88.2 Å². The van der Waals surface area contributed by atoms with Crippen LogP contribution in [-0.4, -0.2) is 59.0 Å².